The quantitative estimate of drug-likeness (QED) is 0.482. The van der Waals surface area contributed by atoms with E-state index >= 15 is 0 Å². The van der Waals surface area contributed by atoms with Crippen LogP contribution in [0.5, 0.6) is 5.75 Å². The molecule has 0 unspecified atom stereocenters. The molecule has 6 heteroatoms. The molecule has 0 N–H and O–H groups in total. The number of ether oxygens (including phenoxy) is 1. The first-order valence-electron chi connectivity index (χ1n) is 7.88. The molecular weight excluding hydrogens is 318 g/mol. The van der Waals surface area contributed by atoms with Crippen LogP contribution in [-0.4, -0.2) is 29.2 Å². The molecular formula is C17H18ClNO4. The number of imide groups is 1. The largest absolute Gasteiger partial charge is 0.425 e. The van der Waals surface area contributed by atoms with E-state index in [4.69, 9.17) is 16.3 Å². The molecule has 1 saturated carbocycles. The molecule has 2 atom stereocenters. The Morgan fingerprint density at radius 1 is 1.13 bits per heavy atom. The molecule has 0 spiro atoms. The van der Waals surface area contributed by atoms with E-state index in [1.807, 2.05) is 0 Å². The smallest absolute Gasteiger partial charge is 0.313 e. The second kappa shape index (κ2) is 6.71. The summed E-state index contributed by atoms with van der Waals surface area (Å²) in [6.07, 6.45) is 3.50. The molecule has 3 rings (SSSR count). The predicted molar refractivity (Wildman–Crippen MR) is 83.9 cm³/mol. The first-order valence-corrected chi connectivity index (χ1v) is 8.26. The molecule has 1 aliphatic heterocycles. The number of para-hydroxylation sites is 1. The number of nitrogens with zero attached hydrogens (tertiary/aromatic N) is 1. The van der Waals surface area contributed by atoms with Gasteiger partial charge in [0.15, 0.2) is 0 Å². The van der Waals surface area contributed by atoms with Gasteiger partial charge < -0.3 is 4.74 Å². The Bertz CT molecular complexity index is 621. The van der Waals surface area contributed by atoms with Crippen LogP contribution in [-0.2, 0) is 14.4 Å². The summed E-state index contributed by atoms with van der Waals surface area (Å²) in [4.78, 5) is 37.8. The highest BCUT2D eigenvalue weighted by Crippen LogP contribution is 2.38. The van der Waals surface area contributed by atoms with Gasteiger partial charge in [-0.25, -0.2) is 0 Å². The number of esters is 1. The Kier molecular flexibility index (Phi) is 4.66. The predicted octanol–water partition coefficient (Wildman–Crippen LogP) is 2.81. The van der Waals surface area contributed by atoms with E-state index in [0.29, 0.717) is 5.02 Å². The third kappa shape index (κ3) is 3.24. The minimum absolute atomic E-state index is 0.0257. The van der Waals surface area contributed by atoms with Crippen LogP contribution >= 0.6 is 11.6 Å². The zero-order valence-electron chi connectivity index (χ0n) is 12.7. The minimum atomic E-state index is -0.506. The molecule has 2 fully saturated rings. The second-order valence-corrected chi connectivity index (χ2v) is 6.39. The van der Waals surface area contributed by atoms with E-state index < -0.39 is 5.97 Å². The summed E-state index contributed by atoms with van der Waals surface area (Å²) >= 11 is 5.93. The minimum Gasteiger partial charge on any atom is -0.425 e. The Labute approximate surface area is 139 Å². The maximum absolute atomic E-state index is 12.3. The van der Waals surface area contributed by atoms with Gasteiger partial charge in [-0.3, -0.25) is 19.3 Å². The van der Waals surface area contributed by atoms with Crippen LogP contribution < -0.4 is 4.74 Å². The lowest BCUT2D eigenvalue weighted by Crippen LogP contribution is -2.33. The lowest BCUT2D eigenvalue weighted by atomic mass is 9.81. The summed E-state index contributed by atoms with van der Waals surface area (Å²) in [5.41, 5.74) is 0. The highest BCUT2D eigenvalue weighted by molar-refractivity contribution is 6.32. The molecule has 2 aliphatic rings. The summed E-state index contributed by atoms with van der Waals surface area (Å²) < 4.78 is 5.17. The Hall–Kier alpha value is -1.88. The van der Waals surface area contributed by atoms with Crippen LogP contribution in [0.1, 0.15) is 32.1 Å². The summed E-state index contributed by atoms with van der Waals surface area (Å²) in [5, 5.41) is 0.347. The van der Waals surface area contributed by atoms with E-state index in [2.05, 4.69) is 0 Å². The number of hydrogen-bond donors (Lipinski definition) is 0. The number of benzene rings is 1. The van der Waals surface area contributed by atoms with E-state index in [-0.39, 0.29) is 42.4 Å². The van der Waals surface area contributed by atoms with Crippen LogP contribution in [0.3, 0.4) is 0 Å². The highest BCUT2D eigenvalue weighted by Gasteiger charge is 2.47. The lowest BCUT2D eigenvalue weighted by Gasteiger charge is -2.19. The van der Waals surface area contributed by atoms with Crippen LogP contribution in [0, 0.1) is 11.8 Å². The zero-order valence-corrected chi connectivity index (χ0v) is 13.4. The van der Waals surface area contributed by atoms with Crippen LogP contribution in [0.15, 0.2) is 24.3 Å². The molecule has 1 aromatic rings. The average molecular weight is 336 g/mol. The van der Waals surface area contributed by atoms with Gasteiger partial charge in [0.25, 0.3) is 0 Å². The van der Waals surface area contributed by atoms with Gasteiger partial charge in [-0.15, -0.1) is 0 Å². The standard InChI is InChI=1S/C17H18ClNO4/c18-13-7-3-4-8-14(13)23-15(20)9-10-19-16(21)11-5-1-2-6-12(11)17(19)22/h3-4,7-8,11-12H,1-2,5-6,9-10H2/t11-,12-/m0/s1. The van der Waals surface area contributed by atoms with Crippen molar-refractivity contribution in [2.24, 2.45) is 11.8 Å². The van der Waals surface area contributed by atoms with Crippen molar-refractivity contribution < 1.29 is 19.1 Å². The maximum atomic E-state index is 12.3. The maximum Gasteiger partial charge on any atom is 0.313 e. The first-order chi connectivity index (χ1) is 11.1. The summed E-state index contributed by atoms with van der Waals surface area (Å²) in [5.74, 6) is -0.859. The van der Waals surface area contributed by atoms with E-state index in [1.165, 1.54) is 4.90 Å². The monoisotopic (exact) mass is 335 g/mol. The number of carbonyl (C=O) groups is 3. The number of fused-ring (bicyclic) bond motifs is 1. The number of halogens is 1. The van der Waals surface area contributed by atoms with Crippen molar-refractivity contribution in [3.8, 4) is 5.75 Å². The van der Waals surface area contributed by atoms with Gasteiger partial charge >= 0.3 is 5.97 Å². The lowest BCUT2D eigenvalue weighted by molar-refractivity contribution is -0.141. The van der Waals surface area contributed by atoms with Gasteiger partial charge in [-0.1, -0.05) is 36.6 Å². The fourth-order valence-corrected chi connectivity index (χ4v) is 3.53. The molecule has 0 radical (unpaired) electrons. The van der Waals surface area contributed by atoms with Crippen molar-refractivity contribution in [1.82, 2.24) is 4.90 Å². The van der Waals surface area contributed by atoms with Crippen LogP contribution in [0.25, 0.3) is 0 Å². The second-order valence-electron chi connectivity index (χ2n) is 5.98. The van der Waals surface area contributed by atoms with Gasteiger partial charge in [0.05, 0.1) is 23.3 Å². The molecule has 1 heterocycles. The molecule has 23 heavy (non-hydrogen) atoms. The third-order valence-electron chi connectivity index (χ3n) is 4.53. The van der Waals surface area contributed by atoms with Crippen LogP contribution in [0.2, 0.25) is 5.02 Å². The van der Waals surface area contributed by atoms with Gasteiger partial charge in [0.1, 0.15) is 5.75 Å². The number of rotatable bonds is 4. The van der Waals surface area contributed by atoms with Gasteiger partial charge in [-0.2, -0.15) is 0 Å². The summed E-state index contributed by atoms with van der Waals surface area (Å²) in [6, 6.07) is 6.68. The SMILES string of the molecule is O=C(CCN1C(=O)[C@H]2CCCC[C@@H]2C1=O)Oc1ccccc1Cl. The van der Waals surface area contributed by atoms with E-state index in [1.54, 1.807) is 24.3 Å². The summed E-state index contributed by atoms with van der Waals surface area (Å²) in [6.45, 7) is 0.0773. The van der Waals surface area contributed by atoms with Crippen molar-refractivity contribution in [2.75, 3.05) is 6.54 Å². The molecule has 122 valence electrons. The molecule has 1 aromatic carbocycles. The van der Waals surface area contributed by atoms with Crippen molar-refractivity contribution in [2.45, 2.75) is 32.1 Å². The van der Waals surface area contributed by atoms with Crippen molar-refractivity contribution >= 4 is 29.4 Å². The fourth-order valence-electron chi connectivity index (χ4n) is 3.36. The van der Waals surface area contributed by atoms with Crippen molar-refractivity contribution in [1.29, 1.82) is 0 Å². The third-order valence-corrected chi connectivity index (χ3v) is 4.84. The fraction of sp³-hybridized carbons (Fsp3) is 0.471. The zero-order chi connectivity index (χ0) is 16.4. The topological polar surface area (TPSA) is 63.7 Å². The Morgan fingerprint density at radius 2 is 1.74 bits per heavy atom. The van der Waals surface area contributed by atoms with Crippen molar-refractivity contribution in [3.63, 3.8) is 0 Å². The molecule has 0 aromatic heterocycles. The molecule has 1 saturated heterocycles. The number of hydrogen-bond acceptors (Lipinski definition) is 4. The molecule has 5 nitrogen and oxygen atoms in total. The molecule has 0 bridgehead atoms. The van der Waals surface area contributed by atoms with Gasteiger partial charge in [0.2, 0.25) is 11.8 Å². The van der Waals surface area contributed by atoms with Gasteiger partial charge in [-0.05, 0) is 25.0 Å². The first kappa shape index (κ1) is 16.0. The molecule has 1 aliphatic carbocycles. The van der Waals surface area contributed by atoms with Crippen molar-refractivity contribution in [3.05, 3.63) is 29.3 Å². The average Bonchev–Trinajstić information content (AvgIpc) is 2.80. The Balaban J connectivity index is 1.58. The summed E-state index contributed by atoms with van der Waals surface area (Å²) in [7, 11) is 0. The van der Waals surface area contributed by atoms with Gasteiger partial charge in [0, 0.05) is 6.54 Å². The van der Waals surface area contributed by atoms with Crippen LogP contribution in [0.4, 0.5) is 0 Å². The number of carbonyl (C=O) groups excluding carboxylic acids is 3. The van der Waals surface area contributed by atoms with E-state index in [9.17, 15) is 14.4 Å². The normalized spacial score (nSPS) is 23.8. The molecule has 2 amide bonds. The number of likely N-dealkylation sites (tertiary alicyclic amines) is 1. The van der Waals surface area contributed by atoms with E-state index in [0.717, 1.165) is 25.7 Å². The highest BCUT2D eigenvalue weighted by atomic mass is 35.5. The Morgan fingerprint density at radius 3 is 2.35 bits per heavy atom. The number of amides is 2.